The number of hydrogen-bond acceptors (Lipinski definition) is 1. The maximum Gasteiger partial charge on any atom is 0.123 e. The van der Waals surface area contributed by atoms with E-state index < -0.39 is 0 Å². The highest BCUT2D eigenvalue weighted by molar-refractivity contribution is 9.10. The van der Waals surface area contributed by atoms with Gasteiger partial charge >= 0.3 is 0 Å². The van der Waals surface area contributed by atoms with Crippen LogP contribution in [-0.2, 0) is 6.42 Å². The number of halogens is 2. The summed E-state index contributed by atoms with van der Waals surface area (Å²) in [6.07, 6.45) is 5.64. The lowest BCUT2D eigenvalue weighted by atomic mass is 9.70. The first kappa shape index (κ1) is 15.0. The van der Waals surface area contributed by atoms with E-state index in [9.17, 15) is 4.39 Å². The predicted molar refractivity (Wildman–Crippen MR) is 81.5 cm³/mol. The second-order valence-electron chi connectivity index (χ2n) is 6.61. The minimum Gasteiger partial charge on any atom is -0.327 e. The molecule has 1 unspecified atom stereocenters. The second-order valence-corrected chi connectivity index (χ2v) is 7.46. The van der Waals surface area contributed by atoms with E-state index in [1.165, 1.54) is 31.7 Å². The molecule has 0 aromatic heterocycles. The van der Waals surface area contributed by atoms with Crippen molar-refractivity contribution in [2.45, 2.75) is 52.0 Å². The molecule has 106 valence electrons. The number of nitrogens with two attached hydrogens (primary N) is 1. The minimum absolute atomic E-state index is 0.134. The molecule has 19 heavy (non-hydrogen) atoms. The third kappa shape index (κ3) is 4.03. The fourth-order valence-corrected chi connectivity index (χ4v) is 3.38. The molecule has 1 aliphatic carbocycles. The average Bonchev–Trinajstić information content (AvgIpc) is 2.33. The topological polar surface area (TPSA) is 26.0 Å². The molecule has 3 heteroatoms. The van der Waals surface area contributed by atoms with E-state index >= 15 is 0 Å². The van der Waals surface area contributed by atoms with Gasteiger partial charge in [0.25, 0.3) is 0 Å². The van der Waals surface area contributed by atoms with Gasteiger partial charge in [-0.25, -0.2) is 4.39 Å². The molecule has 0 aliphatic heterocycles. The van der Waals surface area contributed by atoms with Crippen molar-refractivity contribution in [3.8, 4) is 0 Å². The van der Waals surface area contributed by atoms with Gasteiger partial charge in [-0.15, -0.1) is 0 Å². The summed E-state index contributed by atoms with van der Waals surface area (Å²) in [6, 6.07) is 4.97. The number of rotatable bonds is 3. The third-order valence-electron chi connectivity index (χ3n) is 4.45. The molecular formula is C16H23BrFN. The molecule has 0 bridgehead atoms. The van der Waals surface area contributed by atoms with Crippen molar-refractivity contribution in [3.05, 3.63) is 34.1 Å². The van der Waals surface area contributed by atoms with Crippen molar-refractivity contribution in [2.24, 2.45) is 17.1 Å². The first-order chi connectivity index (χ1) is 8.87. The Bertz CT molecular complexity index is 434. The van der Waals surface area contributed by atoms with E-state index in [2.05, 4.69) is 29.8 Å². The maximum atomic E-state index is 13.3. The Morgan fingerprint density at radius 3 is 2.63 bits per heavy atom. The van der Waals surface area contributed by atoms with Crippen LogP contribution >= 0.6 is 15.9 Å². The largest absolute Gasteiger partial charge is 0.327 e. The lowest BCUT2D eigenvalue weighted by molar-refractivity contribution is 0.173. The zero-order valence-corrected chi connectivity index (χ0v) is 13.3. The zero-order valence-electron chi connectivity index (χ0n) is 11.8. The Kier molecular flexibility index (Phi) is 4.67. The standard InChI is InChI=1S/C16H23BrFN/c1-16(2)7-5-11(6-8-16)15(19)10-12-9-13(18)3-4-14(12)17/h3-4,9,11,15H,5-8,10,19H2,1-2H3. The van der Waals surface area contributed by atoms with Gasteiger partial charge in [0, 0.05) is 10.5 Å². The zero-order chi connectivity index (χ0) is 14.0. The number of hydrogen-bond donors (Lipinski definition) is 1. The molecule has 2 rings (SSSR count). The Hall–Kier alpha value is -0.410. The molecule has 1 saturated carbocycles. The van der Waals surface area contributed by atoms with Crippen LogP contribution < -0.4 is 5.73 Å². The fourth-order valence-electron chi connectivity index (χ4n) is 2.97. The molecule has 1 aromatic rings. The van der Waals surface area contributed by atoms with E-state index in [4.69, 9.17) is 5.73 Å². The Balaban J connectivity index is 1.98. The first-order valence-corrected chi connectivity index (χ1v) is 7.86. The normalized spacial score (nSPS) is 21.3. The Morgan fingerprint density at radius 2 is 2.00 bits per heavy atom. The molecule has 1 fully saturated rings. The van der Waals surface area contributed by atoms with Crippen LogP contribution in [-0.4, -0.2) is 6.04 Å². The molecule has 1 nitrogen and oxygen atoms in total. The molecule has 2 N–H and O–H groups in total. The van der Waals surface area contributed by atoms with Gasteiger partial charge in [-0.05, 0) is 67.2 Å². The maximum absolute atomic E-state index is 13.3. The van der Waals surface area contributed by atoms with Gasteiger partial charge in [0.05, 0.1) is 0 Å². The second kappa shape index (κ2) is 5.92. The van der Waals surface area contributed by atoms with E-state index in [0.717, 1.165) is 16.5 Å². The minimum atomic E-state index is -0.185. The summed E-state index contributed by atoms with van der Waals surface area (Å²) in [7, 11) is 0. The van der Waals surface area contributed by atoms with Gasteiger partial charge in [0.15, 0.2) is 0 Å². The van der Waals surface area contributed by atoms with Crippen LogP contribution in [0.3, 0.4) is 0 Å². The van der Waals surface area contributed by atoms with Crippen molar-refractivity contribution >= 4 is 15.9 Å². The summed E-state index contributed by atoms with van der Waals surface area (Å²) in [5, 5.41) is 0. The van der Waals surface area contributed by atoms with E-state index in [1.54, 1.807) is 12.1 Å². The van der Waals surface area contributed by atoms with Gasteiger partial charge in [0.1, 0.15) is 5.82 Å². The highest BCUT2D eigenvalue weighted by Crippen LogP contribution is 2.39. The molecular weight excluding hydrogens is 305 g/mol. The highest BCUT2D eigenvalue weighted by atomic mass is 79.9. The molecule has 1 aromatic carbocycles. The molecule has 1 aliphatic rings. The van der Waals surface area contributed by atoms with Gasteiger partial charge < -0.3 is 5.73 Å². The van der Waals surface area contributed by atoms with E-state index in [0.29, 0.717) is 11.3 Å². The van der Waals surface area contributed by atoms with Crippen LogP contribution in [0.2, 0.25) is 0 Å². The molecule has 0 amide bonds. The molecule has 0 radical (unpaired) electrons. The molecule has 0 spiro atoms. The van der Waals surface area contributed by atoms with Crippen LogP contribution in [0.5, 0.6) is 0 Å². The Morgan fingerprint density at radius 1 is 1.37 bits per heavy atom. The summed E-state index contributed by atoms with van der Waals surface area (Å²) in [6.45, 7) is 4.66. The van der Waals surface area contributed by atoms with Gasteiger partial charge in [-0.2, -0.15) is 0 Å². The van der Waals surface area contributed by atoms with Crippen molar-refractivity contribution < 1.29 is 4.39 Å². The summed E-state index contributed by atoms with van der Waals surface area (Å²) in [4.78, 5) is 0. The summed E-state index contributed by atoms with van der Waals surface area (Å²) >= 11 is 3.48. The predicted octanol–water partition coefficient (Wildman–Crippen LogP) is 4.67. The van der Waals surface area contributed by atoms with Gasteiger partial charge in [-0.1, -0.05) is 29.8 Å². The molecule has 0 saturated heterocycles. The van der Waals surface area contributed by atoms with Crippen LogP contribution in [0.1, 0.15) is 45.1 Å². The summed E-state index contributed by atoms with van der Waals surface area (Å²) in [5.41, 5.74) is 7.80. The average molecular weight is 328 g/mol. The van der Waals surface area contributed by atoms with Crippen molar-refractivity contribution in [1.29, 1.82) is 0 Å². The lowest BCUT2D eigenvalue weighted by Crippen LogP contribution is -2.36. The highest BCUT2D eigenvalue weighted by Gasteiger charge is 2.30. The Labute approximate surface area is 123 Å². The number of benzene rings is 1. The van der Waals surface area contributed by atoms with Crippen molar-refractivity contribution in [3.63, 3.8) is 0 Å². The van der Waals surface area contributed by atoms with Crippen molar-refractivity contribution in [1.82, 2.24) is 0 Å². The van der Waals surface area contributed by atoms with Gasteiger partial charge in [0.2, 0.25) is 0 Å². The van der Waals surface area contributed by atoms with Crippen LogP contribution in [0, 0.1) is 17.2 Å². The quantitative estimate of drug-likeness (QED) is 0.857. The van der Waals surface area contributed by atoms with E-state index in [-0.39, 0.29) is 11.9 Å². The van der Waals surface area contributed by atoms with Crippen LogP contribution in [0.4, 0.5) is 4.39 Å². The van der Waals surface area contributed by atoms with E-state index in [1.807, 2.05) is 0 Å². The fraction of sp³-hybridized carbons (Fsp3) is 0.625. The van der Waals surface area contributed by atoms with Crippen LogP contribution in [0.15, 0.2) is 22.7 Å². The van der Waals surface area contributed by atoms with Gasteiger partial charge in [-0.3, -0.25) is 0 Å². The monoisotopic (exact) mass is 327 g/mol. The molecule has 1 atom stereocenters. The molecule has 0 heterocycles. The first-order valence-electron chi connectivity index (χ1n) is 7.07. The SMILES string of the molecule is CC1(C)CCC(C(N)Cc2cc(F)ccc2Br)CC1. The van der Waals surface area contributed by atoms with Crippen molar-refractivity contribution in [2.75, 3.05) is 0 Å². The smallest absolute Gasteiger partial charge is 0.123 e. The van der Waals surface area contributed by atoms with Crippen LogP contribution in [0.25, 0.3) is 0 Å². The summed E-state index contributed by atoms with van der Waals surface area (Å²) in [5.74, 6) is 0.387. The lowest BCUT2D eigenvalue weighted by Gasteiger charge is -2.37. The third-order valence-corrected chi connectivity index (χ3v) is 5.23. The summed E-state index contributed by atoms with van der Waals surface area (Å²) < 4.78 is 14.2.